The van der Waals surface area contributed by atoms with Crippen LogP contribution in [-0.2, 0) is 9.53 Å². The van der Waals surface area contributed by atoms with E-state index in [1.165, 1.54) is 35.6 Å². The van der Waals surface area contributed by atoms with Crippen LogP contribution in [0.5, 0.6) is 0 Å². The first-order valence-corrected chi connectivity index (χ1v) is 7.50. The Morgan fingerprint density at radius 2 is 2.09 bits per heavy atom. The highest BCUT2D eigenvalue weighted by Crippen LogP contribution is 2.20. The van der Waals surface area contributed by atoms with E-state index >= 15 is 0 Å². The highest BCUT2D eigenvalue weighted by Gasteiger charge is 2.24. The summed E-state index contributed by atoms with van der Waals surface area (Å²) in [5.41, 5.74) is 1.38. The van der Waals surface area contributed by atoms with Gasteiger partial charge in [-0.15, -0.1) is 11.3 Å². The largest absolute Gasteiger partial charge is 0.454 e. The fourth-order valence-corrected chi connectivity index (χ4v) is 2.63. The number of Topliss-reactive ketones (excluding diaryl/α,β-unsaturated/α-hetero) is 1. The molecule has 23 heavy (non-hydrogen) atoms. The van der Waals surface area contributed by atoms with Crippen LogP contribution in [0.2, 0.25) is 0 Å². The molecule has 0 bridgehead atoms. The standard InChI is InChI=1S/C16H12N2O4S/c1-10-9-23-15(18-10)13(6-17)14(20)8-22-16(21)12-4-2-11(7-19)3-5-12/h2-5,7,9,13H,8H2,1H3/t13-/m0/s1. The zero-order chi connectivity index (χ0) is 16.8. The van der Waals surface area contributed by atoms with Crippen molar-refractivity contribution in [2.75, 3.05) is 6.61 Å². The molecule has 1 aromatic carbocycles. The van der Waals surface area contributed by atoms with Gasteiger partial charge in [0.25, 0.3) is 0 Å². The summed E-state index contributed by atoms with van der Waals surface area (Å²) in [4.78, 5) is 38.5. The maximum absolute atomic E-state index is 12.0. The molecule has 0 N–H and O–H groups in total. The highest BCUT2D eigenvalue weighted by atomic mass is 32.1. The first kappa shape index (κ1) is 16.5. The average Bonchev–Trinajstić information content (AvgIpc) is 2.99. The number of aldehydes is 1. The van der Waals surface area contributed by atoms with Gasteiger partial charge in [0.1, 0.15) is 11.3 Å². The lowest BCUT2D eigenvalue weighted by Gasteiger charge is -2.07. The van der Waals surface area contributed by atoms with Crippen molar-refractivity contribution in [3.63, 3.8) is 0 Å². The van der Waals surface area contributed by atoms with Gasteiger partial charge in [0, 0.05) is 16.6 Å². The quantitative estimate of drug-likeness (QED) is 0.596. The molecule has 7 heteroatoms. The zero-order valence-electron chi connectivity index (χ0n) is 12.2. The Balaban J connectivity index is 1.98. The fourth-order valence-electron chi connectivity index (χ4n) is 1.77. The number of rotatable bonds is 6. The second-order valence-electron chi connectivity index (χ2n) is 4.67. The number of benzene rings is 1. The number of hydrogen-bond acceptors (Lipinski definition) is 7. The van der Waals surface area contributed by atoms with Crippen LogP contribution in [0, 0.1) is 18.3 Å². The highest BCUT2D eigenvalue weighted by molar-refractivity contribution is 7.09. The Morgan fingerprint density at radius 3 is 2.61 bits per heavy atom. The van der Waals surface area contributed by atoms with E-state index in [9.17, 15) is 14.4 Å². The predicted molar refractivity (Wildman–Crippen MR) is 82.3 cm³/mol. The molecule has 0 aliphatic carbocycles. The number of nitrogens with zero attached hydrogens (tertiary/aromatic N) is 2. The second-order valence-corrected chi connectivity index (χ2v) is 5.56. The monoisotopic (exact) mass is 328 g/mol. The van der Waals surface area contributed by atoms with E-state index in [2.05, 4.69) is 4.98 Å². The molecule has 0 aliphatic rings. The number of thiazole rings is 1. The third-order valence-electron chi connectivity index (χ3n) is 2.96. The topological polar surface area (TPSA) is 97.1 Å². The molecule has 6 nitrogen and oxygen atoms in total. The Bertz CT molecular complexity index is 774. The minimum atomic E-state index is -1.04. The predicted octanol–water partition coefficient (Wildman–Crippen LogP) is 2.30. The van der Waals surface area contributed by atoms with Crippen molar-refractivity contribution >= 4 is 29.4 Å². The van der Waals surface area contributed by atoms with Crippen LogP contribution in [0.4, 0.5) is 0 Å². The van der Waals surface area contributed by atoms with Gasteiger partial charge in [-0.05, 0) is 19.1 Å². The number of ether oxygens (including phenoxy) is 1. The second kappa shape index (κ2) is 7.42. The molecule has 116 valence electrons. The number of aromatic nitrogens is 1. The van der Waals surface area contributed by atoms with Gasteiger partial charge in [-0.3, -0.25) is 9.59 Å². The first-order valence-electron chi connectivity index (χ1n) is 6.62. The number of ketones is 1. The number of nitriles is 1. The van der Waals surface area contributed by atoms with E-state index in [0.29, 0.717) is 16.9 Å². The summed E-state index contributed by atoms with van der Waals surface area (Å²) in [6.07, 6.45) is 0.659. The van der Waals surface area contributed by atoms with Gasteiger partial charge in [0.05, 0.1) is 11.6 Å². The summed E-state index contributed by atoms with van der Waals surface area (Å²) in [7, 11) is 0. The zero-order valence-corrected chi connectivity index (χ0v) is 13.0. The lowest BCUT2D eigenvalue weighted by Crippen LogP contribution is -2.20. The lowest BCUT2D eigenvalue weighted by atomic mass is 10.1. The number of hydrogen-bond donors (Lipinski definition) is 0. The summed E-state index contributed by atoms with van der Waals surface area (Å²) in [6.45, 7) is 1.26. The average molecular weight is 328 g/mol. The Kier molecular flexibility index (Phi) is 5.33. The summed E-state index contributed by atoms with van der Waals surface area (Å²) in [5, 5.41) is 11.3. The van der Waals surface area contributed by atoms with Crippen molar-refractivity contribution in [3.05, 3.63) is 51.5 Å². The van der Waals surface area contributed by atoms with E-state index in [1.807, 2.05) is 6.07 Å². The molecule has 1 atom stereocenters. The van der Waals surface area contributed by atoms with Crippen LogP contribution in [0.25, 0.3) is 0 Å². The Labute approximate surface area is 136 Å². The molecule has 1 heterocycles. The fraction of sp³-hybridized carbons (Fsp3) is 0.188. The third kappa shape index (κ3) is 4.08. The molecular weight excluding hydrogens is 316 g/mol. The van der Waals surface area contributed by atoms with Gasteiger partial charge in [-0.25, -0.2) is 9.78 Å². The number of esters is 1. The molecule has 0 saturated carbocycles. The molecule has 0 aliphatic heterocycles. The van der Waals surface area contributed by atoms with Crippen molar-refractivity contribution in [3.8, 4) is 6.07 Å². The van der Waals surface area contributed by atoms with E-state index in [0.717, 1.165) is 5.69 Å². The molecule has 2 aromatic rings. The van der Waals surface area contributed by atoms with Gasteiger partial charge in [-0.1, -0.05) is 12.1 Å². The maximum Gasteiger partial charge on any atom is 0.338 e. The van der Waals surface area contributed by atoms with Crippen LogP contribution in [0.3, 0.4) is 0 Å². The van der Waals surface area contributed by atoms with E-state index in [1.54, 1.807) is 12.3 Å². The van der Waals surface area contributed by atoms with E-state index in [-0.39, 0.29) is 5.56 Å². The molecule has 0 fully saturated rings. The molecule has 0 amide bonds. The Hall–Kier alpha value is -2.85. The normalized spacial score (nSPS) is 11.3. The van der Waals surface area contributed by atoms with Crippen molar-refractivity contribution in [1.29, 1.82) is 5.26 Å². The number of aryl methyl sites for hydroxylation is 1. The van der Waals surface area contributed by atoms with Crippen molar-refractivity contribution in [1.82, 2.24) is 4.98 Å². The van der Waals surface area contributed by atoms with Crippen LogP contribution < -0.4 is 0 Å². The van der Waals surface area contributed by atoms with Crippen molar-refractivity contribution in [2.24, 2.45) is 0 Å². The number of carbonyl (C=O) groups is 3. The summed E-state index contributed by atoms with van der Waals surface area (Å²) >= 11 is 1.22. The lowest BCUT2D eigenvalue weighted by molar-refractivity contribution is -0.122. The molecule has 2 rings (SSSR count). The smallest absolute Gasteiger partial charge is 0.338 e. The minimum absolute atomic E-state index is 0.224. The van der Waals surface area contributed by atoms with Crippen molar-refractivity contribution < 1.29 is 19.1 Å². The van der Waals surface area contributed by atoms with Gasteiger partial charge < -0.3 is 4.74 Å². The molecule has 0 spiro atoms. The van der Waals surface area contributed by atoms with Crippen LogP contribution >= 0.6 is 11.3 Å². The molecular formula is C16H12N2O4S. The Morgan fingerprint density at radius 1 is 1.39 bits per heavy atom. The van der Waals surface area contributed by atoms with E-state index < -0.39 is 24.3 Å². The molecule has 0 radical (unpaired) electrons. The number of carbonyl (C=O) groups excluding carboxylic acids is 3. The van der Waals surface area contributed by atoms with Crippen LogP contribution in [-0.4, -0.2) is 29.6 Å². The molecule has 1 aromatic heterocycles. The van der Waals surface area contributed by atoms with Gasteiger partial charge in [-0.2, -0.15) is 5.26 Å². The molecule has 0 saturated heterocycles. The molecule has 0 unspecified atom stereocenters. The van der Waals surface area contributed by atoms with Crippen LogP contribution in [0.15, 0.2) is 29.6 Å². The summed E-state index contributed by atoms with van der Waals surface area (Å²) in [6, 6.07) is 7.69. The summed E-state index contributed by atoms with van der Waals surface area (Å²) in [5.74, 6) is -2.26. The van der Waals surface area contributed by atoms with E-state index in [4.69, 9.17) is 10.00 Å². The minimum Gasteiger partial charge on any atom is -0.454 e. The van der Waals surface area contributed by atoms with Gasteiger partial charge in [0.2, 0.25) is 0 Å². The van der Waals surface area contributed by atoms with Crippen molar-refractivity contribution in [2.45, 2.75) is 12.8 Å². The maximum atomic E-state index is 12.0. The van der Waals surface area contributed by atoms with Gasteiger partial charge >= 0.3 is 5.97 Å². The van der Waals surface area contributed by atoms with Crippen LogP contribution in [0.1, 0.15) is 37.3 Å². The SMILES string of the molecule is Cc1csc([C@@H](C#N)C(=O)COC(=O)c2ccc(C=O)cc2)n1. The first-order chi connectivity index (χ1) is 11.0. The third-order valence-corrected chi connectivity index (χ3v) is 3.99. The van der Waals surface area contributed by atoms with Gasteiger partial charge in [0.15, 0.2) is 18.3 Å². The summed E-state index contributed by atoms with van der Waals surface area (Å²) < 4.78 is 4.92.